The standard InChI is InChI=1S/C28H30N2O7/c1-30-14-12-27-22-17-7-8-18(31)24(22)37-25(27)19(9-11-28(27,34)20(30)15-17)35-26(33)23(36-21(32)10-13-29)16-5-3-2-4-6-16/h2-9,20,23,25,31,34H,10-15,29H2,1H3/t20-,23-,25-,27-,28+/m0/s1. The minimum absolute atomic E-state index is 0.00851. The number of phenolic OH excluding ortho intramolecular Hbond substituents is 1. The Balaban J connectivity index is 1.38. The van der Waals surface area contributed by atoms with Gasteiger partial charge in [-0.3, -0.25) is 4.79 Å². The summed E-state index contributed by atoms with van der Waals surface area (Å²) in [4.78, 5) is 27.9. The normalized spacial score (nSPS) is 30.0. The van der Waals surface area contributed by atoms with Crippen molar-refractivity contribution in [3.63, 3.8) is 0 Å². The summed E-state index contributed by atoms with van der Waals surface area (Å²) in [5.74, 6) is -0.804. The van der Waals surface area contributed by atoms with Crippen molar-refractivity contribution >= 4 is 11.9 Å². The Morgan fingerprint density at radius 2 is 2.03 bits per heavy atom. The molecule has 2 aliphatic carbocycles. The highest BCUT2D eigenvalue weighted by Gasteiger charge is 2.72. The van der Waals surface area contributed by atoms with E-state index in [1.807, 2.05) is 13.1 Å². The van der Waals surface area contributed by atoms with Crippen LogP contribution in [0.5, 0.6) is 11.5 Å². The molecule has 0 saturated carbocycles. The number of benzene rings is 2. The Morgan fingerprint density at radius 1 is 1.24 bits per heavy atom. The summed E-state index contributed by atoms with van der Waals surface area (Å²) in [5, 5.41) is 22.9. The van der Waals surface area contributed by atoms with Crippen LogP contribution in [0.4, 0.5) is 0 Å². The van der Waals surface area contributed by atoms with Crippen LogP contribution in [0.15, 0.2) is 54.3 Å². The molecular weight excluding hydrogens is 476 g/mol. The van der Waals surface area contributed by atoms with Crippen LogP contribution in [0, 0.1) is 0 Å². The second kappa shape index (κ2) is 8.58. The van der Waals surface area contributed by atoms with Crippen molar-refractivity contribution in [3.8, 4) is 11.5 Å². The summed E-state index contributed by atoms with van der Waals surface area (Å²) in [6.45, 7) is 0.809. The van der Waals surface area contributed by atoms with Crippen molar-refractivity contribution in [2.24, 2.45) is 5.73 Å². The van der Waals surface area contributed by atoms with Gasteiger partial charge in [0.1, 0.15) is 5.76 Å². The predicted octanol–water partition coefficient (Wildman–Crippen LogP) is 1.85. The Labute approximate surface area is 214 Å². The number of rotatable bonds is 6. The molecule has 2 aromatic rings. The molecule has 2 heterocycles. The van der Waals surface area contributed by atoms with Crippen LogP contribution in [-0.2, 0) is 30.9 Å². The molecule has 194 valence electrons. The fraction of sp³-hybridized carbons (Fsp3) is 0.429. The maximum atomic E-state index is 13.5. The number of nitrogens with two attached hydrogens (primary N) is 1. The Bertz CT molecular complexity index is 1290. The number of nitrogens with zero attached hydrogens (tertiary/aromatic N) is 1. The largest absolute Gasteiger partial charge is 0.504 e. The van der Waals surface area contributed by atoms with Gasteiger partial charge in [-0.25, -0.2) is 4.79 Å². The third kappa shape index (κ3) is 3.34. The number of piperidine rings is 1. The first kappa shape index (κ1) is 24.0. The maximum Gasteiger partial charge on any atom is 0.357 e. The molecule has 0 unspecified atom stereocenters. The van der Waals surface area contributed by atoms with Gasteiger partial charge in [-0.15, -0.1) is 0 Å². The first-order valence-corrected chi connectivity index (χ1v) is 12.6. The topological polar surface area (TPSA) is 132 Å². The van der Waals surface area contributed by atoms with Crippen LogP contribution in [-0.4, -0.2) is 64.9 Å². The van der Waals surface area contributed by atoms with E-state index in [9.17, 15) is 19.8 Å². The van der Waals surface area contributed by atoms with Crippen molar-refractivity contribution in [3.05, 3.63) is 71.0 Å². The van der Waals surface area contributed by atoms with Crippen LogP contribution in [0.25, 0.3) is 0 Å². The molecule has 6 rings (SSSR count). The van der Waals surface area contributed by atoms with Crippen LogP contribution in [0.1, 0.15) is 42.1 Å². The fourth-order valence-corrected chi connectivity index (χ4v) is 6.80. The minimum atomic E-state index is -1.29. The summed E-state index contributed by atoms with van der Waals surface area (Å²) in [5.41, 5.74) is 5.73. The number of hydrogen-bond donors (Lipinski definition) is 3. The van der Waals surface area contributed by atoms with Gasteiger partial charge in [0.25, 0.3) is 0 Å². The van der Waals surface area contributed by atoms with Crippen LogP contribution < -0.4 is 10.5 Å². The molecule has 1 spiro atoms. The molecule has 2 aromatic carbocycles. The van der Waals surface area contributed by atoms with E-state index in [1.165, 1.54) is 0 Å². The summed E-state index contributed by atoms with van der Waals surface area (Å²) in [7, 11) is 2.01. The van der Waals surface area contributed by atoms with Crippen molar-refractivity contribution in [1.82, 2.24) is 4.90 Å². The van der Waals surface area contributed by atoms with Crippen LogP contribution in [0.3, 0.4) is 0 Å². The van der Waals surface area contributed by atoms with E-state index < -0.39 is 35.2 Å². The number of likely N-dealkylation sites (N-methyl/N-ethyl adjacent to an activating group) is 1. The molecule has 1 fully saturated rings. The van der Waals surface area contributed by atoms with Crippen molar-refractivity contribution < 1.29 is 34.0 Å². The lowest BCUT2D eigenvalue weighted by Crippen LogP contribution is -2.74. The number of aromatic hydroxyl groups is 1. The van der Waals surface area contributed by atoms with E-state index in [4.69, 9.17) is 19.9 Å². The number of carbonyl (C=O) groups excluding carboxylic acids is 2. The van der Waals surface area contributed by atoms with Gasteiger partial charge in [-0.2, -0.15) is 0 Å². The molecule has 0 aromatic heterocycles. The van der Waals surface area contributed by atoms with Gasteiger partial charge in [0.05, 0.1) is 17.4 Å². The van der Waals surface area contributed by atoms with E-state index in [0.29, 0.717) is 30.7 Å². The van der Waals surface area contributed by atoms with Crippen molar-refractivity contribution in [2.75, 3.05) is 20.1 Å². The van der Waals surface area contributed by atoms with E-state index in [-0.39, 0.29) is 36.9 Å². The summed E-state index contributed by atoms with van der Waals surface area (Å²) in [6.07, 6.45) is 1.00. The molecule has 9 heteroatoms. The average molecular weight is 507 g/mol. The number of aliphatic hydroxyl groups is 1. The number of phenols is 1. The molecule has 4 N–H and O–H groups in total. The van der Waals surface area contributed by atoms with Crippen LogP contribution in [0.2, 0.25) is 0 Å². The molecule has 5 atom stereocenters. The second-order valence-corrected chi connectivity index (χ2v) is 10.3. The van der Waals surface area contributed by atoms with Crippen molar-refractivity contribution in [2.45, 2.75) is 54.9 Å². The van der Waals surface area contributed by atoms with E-state index in [2.05, 4.69) is 4.90 Å². The highest BCUT2D eigenvalue weighted by Crippen LogP contribution is 2.65. The molecular formula is C28H30N2O7. The van der Waals surface area contributed by atoms with Crippen molar-refractivity contribution in [1.29, 1.82) is 0 Å². The van der Waals surface area contributed by atoms with Gasteiger partial charge >= 0.3 is 11.9 Å². The molecule has 1 saturated heterocycles. The number of likely N-dealkylation sites (tertiary alicyclic amines) is 1. The van der Waals surface area contributed by atoms with Gasteiger partial charge in [0.15, 0.2) is 17.6 Å². The zero-order valence-electron chi connectivity index (χ0n) is 20.6. The summed E-state index contributed by atoms with van der Waals surface area (Å²) in [6, 6.07) is 12.0. The third-order valence-corrected chi connectivity index (χ3v) is 8.49. The molecule has 37 heavy (non-hydrogen) atoms. The van der Waals surface area contributed by atoms with Gasteiger partial charge in [-0.1, -0.05) is 36.4 Å². The lowest BCUT2D eigenvalue weighted by atomic mass is 9.50. The van der Waals surface area contributed by atoms with E-state index in [1.54, 1.807) is 42.5 Å². The van der Waals surface area contributed by atoms with Gasteiger partial charge in [0.2, 0.25) is 6.10 Å². The average Bonchev–Trinajstić information content (AvgIpc) is 3.25. The number of esters is 2. The Hall–Kier alpha value is -3.40. The fourth-order valence-electron chi connectivity index (χ4n) is 6.80. The minimum Gasteiger partial charge on any atom is -0.504 e. The third-order valence-electron chi connectivity index (χ3n) is 8.49. The SMILES string of the molecule is CN1CC[C@]23c4c5ccc(O)c4O[C@H]2C(OC(=O)[C@@H](OC(=O)CCN)c2ccccc2)=CC[C@@]3(O)[C@@H]1C5. The number of ether oxygens (including phenoxy) is 3. The predicted molar refractivity (Wildman–Crippen MR) is 132 cm³/mol. The molecule has 0 radical (unpaired) electrons. The highest BCUT2D eigenvalue weighted by molar-refractivity contribution is 5.82. The summed E-state index contributed by atoms with van der Waals surface area (Å²) >= 11 is 0. The lowest BCUT2D eigenvalue weighted by molar-refractivity contribution is -0.176. The smallest absolute Gasteiger partial charge is 0.357 e. The number of hydrogen-bond acceptors (Lipinski definition) is 9. The second-order valence-electron chi connectivity index (χ2n) is 10.3. The number of carbonyl (C=O) groups is 2. The zero-order chi connectivity index (χ0) is 25.9. The molecule has 4 aliphatic rings. The lowest BCUT2D eigenvalue weighted by Gasteiger charge is -2.61. The van der Waals surface area contributed by atoms with Gasteiger partial charge < -0.3 is 35.1 Å². The first-order chi connectivity index (χ1) is 17.8. The molecule has 0 amide bonds. The van der Waals surface area contributed by atoms with E-state index in [0.717, 1.165) is 11.1 Å². The van der Waals surface area contributed by atoms with Gasteiger partial charge in [0, 0.05) is 30.1 Å². The summed E-state index contributed by atoms with van der Waals surface area (Å²) < 4.78 is 17.7. The maximum absolute atomic E-state index is 13.5. The Kier molecular flexibility index (Phi) is 5.56. The van der Waals surface area contributed by atoms with E-state index >= 15 is 0 Å². The monoisotopic (exact) mass is 506 g/mol. The molecule has 9 nitrogen and oxygen atoms in total. The van der Waals surface area contributed by atoms with Crippen LogP contribution >= 0.6 is 0 Å². The first-order valence-electron chi connectivity index (χ1n) is 12.6. The molecule has 2 bridgehead atoms. The highest BCUT2D eigenvalue weighted by atomic mass is 16.6. The molecule has 2 aliphatic heterocycles. The van der Waals surface area contributed by atoms with Gasteiger partial charge in [-0.05, 0) is 44.1 Å². The quantitative estimate of drug-likeness (QED) is 0.502. The Morgan fingerprint density at radius 3 is 2.78 bits per heavy atom. The zero-order valence-corrected chi connectivity index (χ0v) is 20.6.